The zero-order valence-corrected chi connectivity index (χ0v) is 9.45. The van der Waals surface area contributed by atoms with Gasteiger partial charge in [0.1, 0.15) is 0 Å². The zero-order valence-electron chi connectivity index (χ0n) is 9.45. The van der Waals surface area contributed by atoms with Crippen LogP contribution in [0.2, 0.25) is 0 Å². The summed E-state index contributed by atoms with van der Waals surface area (Å²) in [7, 11) is 0. The Morgan fingerprint density at radius 2 is 1.89 bits per heavy atom. The van der Waals surface area contributed by atoms with Crippen LogP contribution in [0.25, 0.3) is 0 Å². The molecule has 100 valence electrons. The summed E-state index contributed by atoms with van der Waals surface area (Å²) in [6.45, 7) is 0.123. The van der Waals surface area contributed by atoms with Crippen LogP contribution in [-0.4, -0.2) is 12.5 Å². The van der Waals surface area contributed by atoms with Crippen LogP contribution in [-0.2, 0) is 0 Å². The van der Waals surface area contributed by atoms with Gasteiger partial charge in [-0.15, -0.1) is 0 Å². The Hall–Kier alpha value is -1.33. The summed E-state index contributed by atoms with van der Waals surface area (Å²) in [5.41, 5.74) is -0.205. The highest BCUT2D eigenvalue weighted by Gasteiger charge is 2.39. The van der Waals surface area contributed by atoms with Gasteiger partial charge < -0.3 is 5.32 Å². The normalized spacial score (nSPS) is 22.2. The molecule has 0 bridgehead atoms. The van der Waals surface area contributed by atoms with Crippen LogP contribution < -0.4 is 5.32 Å². The molecule has 1 N–H and O–H groups in total. The summed E-state index contributed by atoms with van der Waals surface area (Å²) in [5, 5.41) is 2.55. The van der Waals surface area contributed by atoms with Crippen LogP contribution in [0.4, 0.5) is 27.6 Å². The molecule has 0 spiro atoms. The third-order valence-electron chi connectivity index (χ3n) is 3.12. The van der Waals surface area contributed by atoms with Gasteiger partial charge in [0.15, 0.2) is 17.5 Å². The van der Waals surface area contributed by atoms with Gasteiger partial charge in [-0.05, 0) is 24.5 Å². The first-order chi connectivity index (χ1) is 8.39. The number of anilines is 1. The monoisotopic (exact) mass is 265 g/mol. The lowest BCUT2D eigenvalue weighted by molar-refractivity contribution is 0.00556. The number of benzene rings is 1. The van der Waals surface area contributed by atoms with E-state index in [1.54, 1.807) is 0 Å². The molecule has 1 unspecified atom stereocenters. The van der Waals surface area contributed by atoms with Crippen molar-refractivity contribution in [1.82, 2.24) is 0 Å². The molecular formula is C12H12F5N. The van der Waals surface area contributed by atoms with Crippen molar-refractivity contribution < 1.29 is 22.0 Å². The largest absolute Gasteiger partial charge is 0.382 e. The van der Waals surface area contributed by atoms with E-state index in [4.69, 9.17) is 0 Å². The van der Waals surface area contributed by atoms with E-state index in [9.17, 15) is 22.0 Å². The predicted molar refractivity (Wildman–Crippen MR) is 57.1 cm³/mol. The van der Waals surface area contributed by atoms with Gasteiger partial charge in [-0.3, -0.25) is 0 Å². The molecule has 0 aliphatic heterocycles. The maximum Gasteiger partial charge on any atom is 0.248 e. The fourth-order valence-electron chi connectivity index (χ4n) is 2.13. The van der Waals surface area contributed by atoms with E-state index in [1.807, 2.05) is 0 Å². The molecule has 1 aliphatic rings. The molecule has 1 aromatic carbocycles. The summed E-state index contributed by atoms with van der Waals surface area (Å²) < 4.78 is 64.6. The third-order valence-corrected chi connectivity index (χ3v) is 3.12. The van der Waals surface area contributed by atoms with E-state index in [2.05, 4.69) is 5.32 Å². The van der Waals surface area contributed by atoms with E-state index in [-0.39, 0.29) is 31.0 Å². The van der Waals surface area contributed by atoms with Crippen molar-refractivity contribution in [3.05, 3.63) is 29.6 Å². The average Bonchev–Trinajstić information content (AvgIpc) is 2.65. The lowest BCUT2D eigenvalue weighted by atomic mass is 10.1. The fraction of sp³-hybridized carbons (Fsp3) is 0.500. The van der Waals surface area contributed by atoms with Crippen molar-refractivity contribution in [1.29, 1.82) is 0 Å². The minimum Gasteiger partial charge on any atom is -0.382 e. The maximum absolute atomic E-state index is 13.3. The van der Waals surface area contributed by atoms with Crippen LogP contribution in [0, 0.1) is 23.4 Å². The number of rotatable bonds is 3. The lowest BCUT2D eigenvalue weighted by Gasteiger charge is -2.13. The molecule has 1 aliphatic carbocycles. The van der Waals surface area contributed by atoms with Crippen molar-refractivity contribution >= 4 is 5.69 Å². The first kappa shape index (κ1) is 13.1. The molecule has 0 amide bonds. The molecule has 1 fully saturated rings. The van der Waals surface area contributed by atoms with Gasteiger partial charge in [-0.25, -0.2) is 22.0 Å². The maximum atomic E-state index is 13.3. The van der Waals surface area contributed by atoms with Gasteiger partial charge in [0.2, 0.25) is 5.92 Å². The second kappa shape index (κ2) is 4.74. The van der Waals surface area contributed by atoms with E-state index in [0.717, 1.165) is 12.1 Å². The molecule has 1 aromatic rings. The lowest BCUT2D eigenvalue weighted by Crippen LogP contribution is -2.16. The Morgan fingerprint density at radius 1 is 1.17 bits per heavy atom. The predicted octanol–water partition coefficient (Wildman–Crippen LogP) is 3.95. The van der Waals surface area contributed by atoms with Crippen LogP contribution in [0.5, 0.6) is 0 Å². The topological polar surface area (TPSA) is 12.0 Å². The molecule has 1 atom stereocenters. The Morgan fingerprint density at radius 3 is 2.50 bits per heavy atom. The van der Waals surface area contributed by atoms with Crippen molar-refractivity contribution in [3.63, 3.8) is 0 Å². The first-order valence-electron chi connectivity index (χ1n) is 5.64. The van der Waals surface area contributed by atoms with Crippen molar-refractivity contribution in [2.24, 2.45) is 5.92 Å². The molecule has 0 saturated heterocycles. The summed E-state index contributed by atoms with van der Waals surface area (Å²) >= 11 is 0. The number of hydrogen-bond acceptors (Lipinski definition) is 1. The van der Waals surface area contributed by atoms with Gasteiger partial charge in [-0.2, -0.15) is 0 Å². The molecule has 18 heavy (non-hydrogen) atoms. The molecule has 2 rings (SSSR count). The summed E-state index contributed by atoms with van der Waals surface area (Å²) in [4.78, 5) is 0. The summed E-state index contributed by atoms with van der Waals surface area (Å²) in [6, 6.07) is 1.85. The van der Waals surface area contributed by atoms with Gasteiger partial charge in [0.25, 0.3) is 0 Å². The van der Waals surface area contributed by atoms with E-state index >= 15 is 0 Å². The zero-order chi connectivity index (χ0) is 13.3. The highest BCUT2D eigenvalue weighted by Crippen LogP contribution is 2.38. The van der Waals surface area contributed by atoms with Crippen LogP contribution in [0.1, 0.15) is 19.3 Å². The van der Waals surface area contributed by atoms with Crippen LogP contribution in [0.3, 0.4) is 0 Å². The third kappa shape index (κ3) is 2.73. The van der Waals surface area contributed by atoms with E-state index in [0.29, 0.717) is 6.42 Å². The van der Waals surface area contributed by atoms with Crippen molar-refractivity contribution in [2.45, 2.75) is 25.2 Å². The van der Waals surface area contributed by atoms with Crippen LogP contribution in [0.15, 0.2) is 12.1 Å². The molecule has 6 heteroatoms. The van der Waals surface area contributed by atoms with Crippen LogP contribution >= 0.6 is 0 Å². The highest BCUT2D eigenvalue weighted by atomic mass is 19.3. The number of halogens is 5. The molecule has 1 saturated carbocycles. The number of alkyl halides is 2. The molecule has 1 nitrogen and oxygen atoms in total. The Balaban J connectivity index is 1.97. The molecule has 0 radical (unpaired) electrons. The Labute approximate surface area is 101 Å². The quantitative estimate of drug-likeness (QED) is 0.644. The molecule has 0 heterocycles. The number of hydrogen-bond donors (Lipinski definition) is 1. The second-order valence-corrected chi connectivity index (χ2v) is 4.57. The van der Waals surface area contributed by atoms with Crippen molar-refractivity contribution in [2.75, 3.05) is 11.9 Å². The van der Waals surface area contributed by atoms with Gasteiger partial charge in [0.05, 0.1) is 5.69 Å². The average molecular weight is 265 g/mol. The molecular weight excluding hydrogens is 253 g/mol. The van der Waals surface area contributed by atoms with Crippen molar-refractivity contribution in [3.8, 4) is 0 Å². The standard InChI is InChI=1S/C12H12F5N/c13-8-1-2-9(11(15)10(8)14)18-6-7-3-4-12(16,17)5-7/h1-2,7,18H,3-6H2. The minimum atomic E-state index is -2.67. The van der Waals surface area contributed by atoms with E-state index in [1.165, 1.54) is 0 Å². The summed E-state index contributed by atoms with van der Waals surface area (Å²) in [5.74, 6) is -7.10. The van der Waals surface area contributed by atoms with E-state index < -0.39 is 23.4 Å². The highest BCUT2D eigenvalue weighted by molar-refractivity contribution is 5.45. The van der Waals surface area contributed by atoms with Gasteiger partial charge in [-0.1, -0.05) is 0 Å². The SMILES string of the molecule is Fc1ccc(NCC2CCC(F)(F)C2)c(F)c1F. The second-order valence-electron chi connectivity index (χ2n) is 4.57. The smallest absolute Gasteiger partial charge is 0.248 e. The summed E-state index contributed by atoms with van der Waals surface area (Å²) in [6.07, 6.45) is -0.101. The minimum absolute atomic E-state index is 0.123. The van der Waals surface area contributed by atoms with Gasteiger partial charge >= 0.3 is 0 Å². The Bertz CT molecular complexity index is 446. The Kier molecular flexibility index (Phi) is 3.45. The van der Waals surface area contributed by atoms with Gasteiger partial charge in [0, 0.05) is 19.4 Å². The molecule has 0 aromatic heterocycles. The first-order valence-corrected chi connectivity index (χ1v) is 5.64. The number of nitrogens with one attached hydrogen (secondary N) is 1. The fourth-order valence-corrected chi connectivity index (χ4v) is 2.13.